The zero-order valence-corrected chi connectivity index (χ0v) is 17.1. The minimum Gasteiger partial charge on any atom is -0.507 e. The zero-order valence-electron chi connectivity index (χ0n) is 17.1. The van der Waals surface area contributed by atoms with Gasteiger partial charge >= 0.3 is 0 Å². The maximum absolute atomic E-state index is 13.2. The van der Waals surface area contributed by atoms with Crippen LogP contribution in [0.15, 0.2) is 46.6 Å². The third-order valence-corrected chi connectivity index (χ3v) is 4.77. The average molecular weight is 416 g/mol. The minimum absolute atomic E-state index is 0.0920. The molecule has 1 aromatic carbocycles. The van der Waals surface area contributed by atoms with Crippen molar-refractivity contribution in [1.29, 1.82) is 0 Å². The number of carbonyl (C=O) groups is 2. The summed E-state index contributed by atoms with van der Waals surface area (Å²) in [5.41, 5.74) is 0.928. The summed E-state index contributed by atoms with van der Waals surface area (Å²) in [5, 5.41) is 19.0. The molecule has 0 spiro atoms. The van der Waals surface area contributed by atoms with Crippen molar-refractivity contribution in [3.63, 3.8) is 0 Å². The Balaban J connectivity index is 2.14. The fraction of sp³-hybridized carbons (Fsp3) is 0.409. The van der Waals surface area contributed by atoms with E-state index >= 15 is 0 Å². The van der Waals surface area contributed by atoms with E-state index in [2.05, 4.69) is 11.7 Å². The molecule has 1 atom stereocenters. The Morgan fingerprint density at radius 1 is 1.47 bits per heavy atom. The molecule has 1 amide bonds. The fourth-order valence-electron chi connectivity index (χ4n) is 3.26. The van der Waals surface area contributed by atoms with E-state index < -0.39 is 0 Å². The second-order valence-electron chi connectivity index (χ2n) is 6.66. The van der Waals surface area contributed by atoms with Crippen LogP contribution in [0.4, 0.5) is 0 Å². The van der Waals surface area contributed by atoms with E-state index in [9.17, 15) is 19.8 Å². The highest BCUT2D eigenvalue weighted by Crippen LogP contribution is 2.26. The number of ether oxygens (including phenoxy) is 2. The third kappa shape index (κ3) is 5.77. The number of aldehydes is 1. The van der Waals surface area contributed by atoms with Crippen molar-refractivity contribution >= 4 is 18.9 Å². The van der Waals surface area contributed by atoms with Gasteiger partial charge in [-0.15, -0.1) is 0 Å². The second kappa shape index (κ2) is 11.9. The van der Waals surface area contributed by atoms with Crippen LogP contribution in [0.1, 0.15) is 30.1 Å². The van der Waals surface area contributed by atoms with Crippen molar-refractivity contribution in [3.8, 4) is 11.5 Å². The van der Waals surface area contributed by atoms with E-state index in [4.69, 9.17) is 9.47 Å². The number of morpholine rings is 1. The summed E-state index contributed by atoms with van der Waals surface area (Å²) >= 11 is 0. The third-order valence-electron chi connectivity index (χ3n) is 4.77. The molecule has 1 fully saturated rings. The molecule has 30 heavy (non-hydrogen) atoms. The van der Waals surface area contributed by atoms with Gasteiger partial charge in [-0.05, 0) is 25.8 Å². The van der Waals surface area contributed by atoms with Crippen LogP contribution in [0, 0.1) is 0 Å². The molecule has 0 aliphatic carbocycles. The summed E-state index contributed by atoms with van der Waals surface area (Å²) in [4.78, 5) is 30.0. The highest BCUT2D eigenvalue weighted by atomic mass is 16.5. The molecule has 162 valence electrons. The van der Waals surface area contributed by atoms with Crippen molar-refractivity contribution in [2.24, 2.45) is 4.99 Å². The lowest BCUT2D eigenvalue weighted by Crippen LogP contribution is -2.49. The van der Waals surface area contributed by atoms with Crippen LogP contribution in [0.5, 0.6) is 11.5 Å². The van der Waals surface area contributed by atoms with Gasteiger partial charge in [-0.2, -0.15) is 0 Å². The first-order valence-electron chi connectivity index (χ1n) is 9.79. The molecule has 0 aromatic heterocycles. The van der Waals surface area contributed by atoms with Crippen molar-refractivity contribution in [3.05, 3.63) is 47.2 Å². The highest BCUT2D eigenvalue weighted by Gasteiger charge is 2.29. The van der Waals surface area contributed by atoms with Gasteiger partial charge < -0.3 is 24.6 Å². The molecule has 1 saturated heterocycles. The Morgan fingerprint density at radius 2 is 2.27 bits per heavy atom. The Hall–Kier alpha value is -2.97. The average Bonchev–Trinajstić information content (AvgIpc) is 2.76. The first-order valence-corrected chi connectivity index (χ1v) is 9.79. The molecular formula is C22H28N2O6. The lowest BCUT2D eigenvalue weighted by molar-refractivity contribution is -0.135. The van der Waals surface area contributed by atoms with Gasteiger partial charge in [0.15, 0.2) is 6.29 Å². The molecule has 8 heteroatoms. The summed E-state index contributed by atoms with van der Waals surface area (Å²) in [6.07, 6.45) is 4.67. The molecule has 0 unspecified atom stereocenters. The van der Waals surface area contributed by atoms with E-state index in [0.29, 0.717) is 43.7 Å². The summed E-state index contributed by atoms with van der Waals surface area (Å²) in [6.45, 7) is 6.61. The smallest absolute Gasteiger partial charge is 0.256 e. The SMILES string of the molecule is C=N/C(CCO)=C(\C=C/C)C(=O)N1CCOC[C@H]1CCOc1cccc(O)c1C=O. The van der Waals surface area contributed by atoms with Gasteiger partial charge in [0, 0.05) is 26.0 Å². The Kier molecular flexibility index (Phi) is 9.24. The zero-order chi connectivity index (χ0) is 21.9. The van der Waals surface area contributed by atoms with E-state index in [1.54, 1.807) is 36.1 Å². The number of hydrogen-bond acceptors (Lipinski definition) is 7. The number of aromatic hydroxyl groups is 1. The molecule has 1 aliphatic heterocycles. The minimum atomic E-state index is -0.233. The molecule has 1 aliphatic rings. The molecule has 2 rings (SSSR count). The van der Waals surface area contributed by atoms with E-state index in [0.717, 1.165) is 0 Å². The fourth-order valence-corrected chi connectivity index (χ4v) is 3.26. The van der Waals surface area contributed by atoms with Gasteiger partial charge in [0.2, 0.25) is 0 Å². The van der Waals surface area contributed by atoms with Crippen molar-refractivity contribution < 1.29 is 29.3 Å². The van der Waals surface area contributed by atoms with Crippen LogP contribution in [-0.2, 0) is 9.53 Å². The Bertz CT molecular complexity index is 818. The summed E-state index contributed by atoms with van der Waals surface area (Å²) < 4.78 is 11.2. The van der Waals surface area contributed by atoms with Gasteiger partial charge in [0.25, 0.3) is 5.91 Å². The quantitative estimate of drug-likeness (QED) is 0.262. The van der Waals surface area contributed by atoms with Crippen molar-refractivity contribution in [2.45, 2.75) is 25.8 Å². The van der Waals surface area contributed by atoms with E-state index in [1.165, 1.54) is 6.07 Å². The van der Waals surface area contributed by atoms with Gasteiger partial charge in [0.1, 0.15) is 11.5 Å². The second-order valence-corrected chi connectivity index (χ2v) is 6.66. The first kappa shape index (κ1) is 23.3. The first-order chi connectivity index (χ1) is 14.6. The highest BCUT2D eigenvalue weighted by molar-refractivity contribution is 5.97. The van der Waals surface area contributed by atoms with Crippen molar-refractivity contribution in [1.82, 2.24) is 4.90 Å². The number of phenols is 1. The van der Waals surface area contributed by atoms with E-state index in [-0.39, 0.29) is 48.6 Å². The monoisotopic (exact) mass is 416 g/mol. The predicted molar refractivity (Wildman–Crippen MR) is 113 cm³/mol. The lowest BCUT2D eigenvalue weighted by atomic mass is 10.1. The normalized spacial score (nSPS) is 17.5. The van der Waals surface area contributed by atoms with Crippen LogP contribution in [0.2, 0.25) is 0 Å². The summed E-state index contributed by atoms with van der Waals surface area (Å²) in [6, 6.07) is 4.38. The number of phenolic OH excluding ortho intramolecular Hbond substituents is 1. The molecule has 1 heterocycles. The van der Waals surface area contributed by atoms with Gasteiger partial charge in [-0.3, -0.25) is 14.6 Å². The van der Waals surface area contributed by atoms with Crippen LogP contribution in [0.25, 0.3) is 0 Å². The van der Waals surface area contributed by atoms with Crippen LogP contribution >= 0.6 is 0 Å². The Morgan fingerprint density at radius 3 is 2.93 bits per heavy atom. The molecule has 0 radical (unpaired) electrons. The number of amides is 1. The maximum atomic E-state index is 13.2. The van der Waals surface area contributed by atoms with Crippen LogP contribution in [-0.4, -0.2) is 73.0 Å². The largest absolute Gasteiger partial charge is 0.507 e. The number of allylic oxidation sites excluding steroid dienone is 1. The number of carbonyl (C=O) groups excluding carboxylic acids is 2. The lowest BCUT2D eigenvalue weighted by Gasteiger charge is -2.36. The number of aliphatic hydroxyl groups is 1. The maximum Gasteiger partial charge on any atom is 0.256 e. The summed E-state index contributed by atoms with van der Waals surface area (Å²) in [7, 11) is 0. The standard InChI is InChI=1S/C22H28N2O6/c1-3-5-17(19(23-2)8-11-25)22(28)24-10-13-29-15-16(24)9-12-30-21-7-4-6-20(27)18(21)14-26/h3-7,14,16,25,27H,2,8-13,15H2,1H3/b5-3-,19-17+/t16-/m1/s1. The molecule has 1 aromatic rings. The molecular weight excluding hydrogens is 388 g/mol. The Labute approximate surface area is 176 Å². The summed E-state index contributed by atoms with van der Waals surface area (Å²) in [5.74, 6) is -0.0619. The van der Waals surface area contributed by atoms with Gasteiger partial charge in [0.05, 0.1) is 42.7 Å². The molecule has 8 nitrogen and oxygen atoms in total. The number of aliphatic imine (C=N–C) groups is 1. The molecule has 2 N–H and O–H groups in total. The molecule has 0 saturated carbocycles. The number of hydrogen-bond donors (Lipinski definition) is 2. The number of nitrogens with zero attached hydrogens (tertiary/aromatic N) is 2. The van der Waals surface area contributed by atoms with Crippen LogP contribution in [0.3, 0.4) is 0 Å². The number of rotatable bonds is 10. The van der Waals surface area contributed by atoms with Gasteiger partial charge in [-0.25, -0.2) is 0 Å². The number of aliphatic hydroxyl groups excluding tert-OH is 1. The molecule has 0 bridgehead atoms. The van der Waals surface area contributed by atoms with Crippen LogP contribution < -0.4 is 4.74 Å². The number of benzene rings is 1. The van der Waals surface area contributed by atoms with E-state index in [1.807, 2.05) is 0 Å². The predicted octanol–water partition coefficient (Wildman–Crippen LogP) is 2.11. The van der Waals surface area contributed by atoms with Gasteiger partial charge in [-0.1, -0.05) is 18.2 Å². The topological polar surface area (TPSA) is 109 Å². The van der Waals surface area contributed by atoms with Crippen molar-refractivity contribution in [2.75, 3.05) is 33.0 Å².